The van der Waals surface area contributed by atoms with Crippen LogP contribution in [0.5, 0.6) is 0 Å². The first-order valence-corrected chi connectivity index (χ1v) is 6.62. The number of hydrogen-bond acceptors (Lipinski definition) is 1. The van der Waals surface area contributed by atoms with E-state index in [0.29, 0.717) is 0 Å². The molecular formula is C17H17NO. The van der Waals surface area contributed by atoms with E-state index in [1.807, 2.05) is 42.6 Å². The topological polar surface area (TPSA) is 36.0 Å². The van der Waals surface area contributed by atoms with Crippen molar-refractivity contribution < 1.29 is 5.11 Å². The molecule has 2 aromatic carbocycles. The van der Waals surface area contributed by atoms with Crippen LogP contribution in [0.2, 0.25) is 0 Å². The van der Waals surface area contributed by atoms with Crippen LogP contribution in [-0.4, -0.2) is 10.1 Å². The van der Waals surface area contributed by atoms with E-state index in [2.05, 4.69) is 24.0 Å². The summed E-state index contributed by atoms with van der Waals surface area (Å²) in [5.74, 6) is 0. The van der Waals surface area contributed by atoms with Crippen LogP contribution in [0.3, 0.4) is 0 Å². The van der Waals surface area contributed by atoms with Crippen molar-refractivity contribution in [1.29, 1.82) is 0 Å². The van der Waals surface area contributed by atoms with Gasteiger partial charge < -0.3 is 10.1 Å². The van der Waals surface area contributed by atoms with Gasteiger partial charge in [-0.25, -0.2) is 0 Å². The van der Waals surface area contributed by atoms with Crippen LogP contribution in [0.4, 0.5) is 0 Å². The van der Waals surface area contributed by atoms with Gasteiger partial charge in [-0.3, -0.25) is 0 Å². The maximum Gasteiger partial charge on any atom is 0.106 e. The largest absolute Gasteiger partial charge is 0.384 e. The summed E-state index contributed by atoms with van der Waals surface area (Å²) < 4.78 is 0. The normalized spacial score (nSPS) is 12.7. The second kappa shape index (κ2) is 4.90. The lowest BCUT2D eigenvalue weighted by atomic mass is 9.99. The van der Waals surface area contributed by atoms with Crippen LogP contribution in [0, 0.1) is 0 Å². The zero-order valence-electron chi connectivity index (χ0n) is 10.9. The summed E-state index contributed by atoms with van der Waals surface area (Å²) in [4.78, 5) is 3.20. The van der Waals surface area contributed by atoms with Crippen molar-refractivity contribution in [1.82, 2.24) is 4.98 Å². The van der Waals surface area contributed by atoms with E-state index >= 15 is 0 Å². The van der Waals surface area contributed by atoms with Crippen molar-refractivity contribution in [3.63, 3.8) is 0 Å². The second-order valence-corrected chi connectivity index (χ2v) is 4.79. The van der Waals surface area contributed by atoms with Gasteiger partial charge >= 0.3 is 0 Å². The minimum absolute atomic E-state index is 0.581. The number of aliphatic hydroxyl groups is 1. The average molecular weight is 251 g/mol. The molecule has 0 radical (unpaired) electrons. The van der Waals surface area contributed by atoms with E-state index in [4.69, 9.17) is 0 Å². The highest BCUT2D eigenvalue weighted by Gasteiger charge is 2.14. The standard InChI is InChI=1S/C17H17NO/c1-2-12-7-9-13(10-8-12)17(19)15-11-18-16-6-4-3-5-14(15)16/h3-11,17-19H,2H2,1H3. The molecule has 19 heavy (non-hydrogen) atoms. The summed E-state index contributed by atoms with van der Waals surface area (Å²) in [5.41, 5.74) is 4.21. The van der Waals surface area contributed by atoms with E-state index < -0.39 is 6.10 Å². The number of aliphatic hydroxyl groups excluding tert-OH is 1. The van der Waals surface area contributed by atoms with Crippen LogP contribution >= 0.6 is 0 Å². The maximum atomic E-state index is 10.5. The zero-order valence-corrected chi connectivity index (χ0v) is 10.9. The van der Waals surface area contributed by atoms with Gasteiger partial charge in [-0.15, -0.1) is 0 Å². The lowest BCUT2D eigenvalue weighted by molar-refractivity contribution is 0.222. The molecule has 0 saturated carbocycles. The third kappa shape index (κ3) is 2.15. The fourth-order valence-corrected chi connectivity index (χ4v) is 2.44. The molecule has 96 valence electrons. The third-order valence-electron chi connectivity index (χ3n) is 3.62. The first-order chi connectivity index (χ1) is 9.29. The zero-order chi connectivity index (χ0) is 13.2. The number of H-pyrrole nitrogens is 1. The molecule has 0 aliphatic heterocycles. The molecule has 1 heterocycles. The number of aromatic nitrogens is 1. The van der Waals surface area contributed by atoms with E-state index in [0.717, 1.165) is 28.5 Å². The number of para-hydroxylation sites is 1. The molecule has 3 aromatic rings. The monoisotopic (exact) mass is 251 g/mol. The number of aromatic amines is 1. The molecule has 0 fully saturated rings. The highest BCUT2D eigenvalue weighted by molar-refractivity contribution is 5.83. The summed E-state index contributed by atoms with van der Waals surface area (Å²) >= 11 is 0. The number of aryl methyl sites for hydroxylation is 1. The molecule has 0 spiro atoms. The Labute approximate surface area is 112 Å². The SMILES string of the molecule is CCc1ccc(C(O)c2c[nH]c3ccccc23)cc1. The van der Waals surface area contributed by atoms with Crippen molar-refractivity contribution in [2.75, 3.05) is 0 Å². The molecule has 0 saturated heterocycles. The van der Waals surface area contributed by atoms with Crippen LogP contribution in [0.15, 0.2) is 54.7 Å². The molecular weight excluding hydrogens is 234 g/mol. The number of rotatable bonds is 3. The van der Waals surface area contributed by atoms with Crippen LogP contribution in [-0.2, 0) is 6.42 Å². The quantitative estimate of drug-likeness (QED) is 0.729. The Balaban J connectivity index is 2.00. The van der Waals surface area contributed by atoms with Gasteiger partial charge in [0.05, 0.1) is 0 Å². The summed E-state index contributed by atoms with van der Waals surface area (Å²) in [6, 6.07) is 16.2. The van der Waals surface area contributed by atoms with E-state index in [-0.39, 0.29) is 0 Å². The lowest BCUT2D eigenvalue weighted by Gasteiger charge is -2.11. The second-order valence-electron chi connectivity index (χ2n) is 4.79. The first kappa shape index (κ1) is 12.0. The van der Waals surface area contributed by atoms with E-state index in [1.165, 1.54) is 5.56 Å². The van der Waals surface area contributed by atoms with Crippen molar-refractivity contribution in [2.24, 2.45) is 0 Å². The Morgan fingerprint density at radius 2 is 1.79 bits per heavy atom. The van der Waals surface area contributed by atoms with Gasteiger partial charge in [-0.1, -0.05) is 49.4 Å². The molecule has 2 heteroatoms. The molecule has 2 N–H and O–H groups in total. The molecule has 0 aliphatic rings. The fourth-order valence-electron chi connectivity index (χ4n) is 2.44. The smallest absolute Gasteiger partial charge is 0.106 e. The Kier molecular flexibility index (Phi) is 3.10. The van der Waals surface area contributed by atoms with Crippen molar-refractivity contribution in [3.8, 4) is 0 Å². The molecule has 1 unspecified atom stereocenters. The minimum Gasteiger partial charge on any atom is -0.384 e. The van der Waals surface area contributed by atoms with Gasteiger partial charge in [0.1, 0.15) is 6.10 Å². The van der Waals surface area contributed by atoms with E-state index in [9.17, 15) is 5.11 Å². The van der Waals surface area contributed by atoms with Crippen molar-refractivity contribution in [3.05, 3.63) is 71.4 Å². The van der Waals surface area contributed by atoms with Crippen molar-refractivity contribution >= 4 is 10.9 Å². The van der Waals surface area contributed by atoms with Gasteiger partial charge in [0.15, 0.2) is 0 Å². The molecule has 2 nitrogen and oxygen atoms in total. The number of hydrogen-bond donors (Lipinski definition) is 2. The predicted molar refractivity (Wildman–Crippen MR) is 78.2 cm³/mol. The number of fused-ring (bicyclic) bond motifs is 1. The maximum absolute atomic E-state index is 10.5. The van der Waals surface area contributed by atoms with E-state index in [1.54, 1.807) is 0 Å². The van der Waals surface area contributed by atoms with Gasteiger partial charge in [0, 0.05) is 22.7 Å². The Bertz CT molecular complexity index is 682. The van der Waals surface area contributed by atoms with Crippen LogP contribution < -0.4 is 0 Å². The number of nitrogens with one attached hydrogen (secondary N) is 1. The van der Waals surface area contributed by atoms with Gasteiger partial charge in [0.25, 0.3) is 0 Å². The van der Waals surface area contributed by atoms with Gasteiger partial charge in [-0.2, -0.15) is 0 Å². The highest BCUT2D eigenvalue weighted by Crippen LogP contribution is 2.28. The third-order valence-corrected chi connectivity index (χ3v) is 3.62. The molecule has 0 aliphatic carbocycles. The average Bonchev–Trinajstić information content (AvgIpc) is 2.90. The molecule has 1 aromatic heterocycles. The highest BCUT2D eigenvalue weighted by atomic mass is 16.3. The molecule has 1 atom stereocenters. The van der Waals surface area contributed by atoms with Gasteiger partial charge in [0.2, 0.25) is 0 Å². The summed E-state index contributed by atoms with van der Waals surface area (Å²) in [7, 11) is 0. The van der Waals surface area contributed by atoms with Crippen LogP contribution in [0.25, 0.3) is 10.9 Å². The molecule has 0 amide bonds. The predicted octanol–water partition coefficient (Wildman–Crippen LogP) is 3.81. The number of benzene rings is 2. The fraction of sp³-hybridized carbons (Fsp3) is 0.176. The Morgan fingerprint density at radius 1 is 1.05 bits per heavy atom. The summed E-state index contributed by atoms with van der Waals surface area (Å²) in [6.45, 7) is 2.13. The van der Waals surface area contributed by atoms with Crippen LogP contribution in [0.1, 0.15) is 29.7 Å². The molecule has 0 bridgehead atoms. The Morgan fingerprint density at radius 3 is 2.53 bits per heavy atom. The summed E-state index contributed by atoms with van der Waals surface area (Å²) in [5, 5.41) is 11.6. The van der Waals surface area contributed by atoms with Crippen molar-refractivity contribution in [2.45, 2.75) is 19.4 Å². The van der Waals surface area contributed by atoms with Gasteiger partial charge in [-0.05, 0) is 23.6 Å². The Hall–Kier alpha value is -2.06. The summed E-state index contributed by atoms with van der Waals surface area (Å²) in [6.07, 6.45) is 2.33. The first-order valence-electron chi connectivity index (χ1n) is 6.62. The molecule has 3 rings (SSSR count). The minimum atomic E-state index is -0.581. The lowest BCUT2D eigenvalue weighted by Crippen LogP contribution is -1.98.